The van der Waals surface area contributed by atoms with Crippen LogP contribution in [-0.2, 0) is 19.1 Å². The Kier molecular flexibility index (Phi) is 28.6. The Morgan fingerprint density at radius 1 is 0.514 bits per heavy atom. The van der Waals surface area contributed by atoms with Crippen molar-refractivity contribution in [2.24, 2.45) is 0 Å². The summed E-state index contributed by atoms with van der Waals surface area (Å²) < 4.78 is 10.5. The molecule has 0 aromatic rings. The van der Waals surface area contributed by atoms with Crippen molar-refractivity contribution in [2.45, 2.75) is 180 Å². The van der Waals surface area contributed by atoms with Crippen LogP contribution >= 0.6 is 0 Å². The lowest BCUT2D eigenvalue weighted by Gasteiger charge is -2.15. The molecule has 1 unspecified atom stereocenters. The van der Waals surface area contributed by atoms with Crippen molar-refractivity contribution in [3.63, 3.8) is 0 Å². The van der Waals surface area contributed by atoms with Crippen molar-refractivity contribution in [1.82, 2.24) is 0 Å². The fourth-order valence-electron chi connectivity index (χ4n) is 4.67. The summed E-state index contributed by atoms with van der Waals surface area (Å²) in [5, 5.41) is 9.44. The van der Waals surface area contributed by atoms with Crippen molar-refractivity contribution < 1.29 is 24.2 Å². The topological polar surface area (TPSA) is 72.8 Å². The molecule has 0 aliphatic carbocycles. The first kappa shape index (κ1) is 35.9. The van der Waals surface area contributed by atoms with Crippen LogP contribution in [0.5, 0.6) is 0 Å². The van der Waals surface area contributed by atoms with Gasteiger partial charge in [-0.15, -0.1) is 0 Å². The molecule has 0 aromatic heterocycles. The van der Waals surface area contributed by atoms with Gasteiger partial charge < -0.3 is 14.6 Å². The number of ether oxygens (including phenoxy) is 2. The van der Waals surface area contributed by atoms with E-state index in [2.05, 4.69) is 13.8 Å². The molecule has 0 aromatic carbocycles. The summed E-state index contributed by atoms with van der Waals surface area (Å²) in [4.78, 5) is 23.9. The van der Waals surface area contributed by atoms with E-state index < -0.39 is 6.10 Å². The van der Waals surface area contributed by atoms with Gasteiger partial charge in [0, 0.05) is 12.8 Å². The van der Waals surface area contributed by atoms with E-state index in [1.54, 1.807) is 0 Å². The minimum absolute atomic E-state index is 0.0596. The van der Waals surface area contributed by atoms with Gasteiger partial charge in [-0.05, 0) is 12.8 Å². The zero-order chi connectivity index (χ0) is 27.2. The number of unbranched alkanes of at least 4 members (excludes halogenated alkanes) is 21. The van der Waals surface area contributed by atoms with Crippen LogP contribution in [0, 0.1) is 0 Å². The predicted molar refractivity (Wildman–Crippen MR) is 155 cm³/mol. The molecule has 0 heterocycles. The second-order valence-corrected chi connectivity index (χ2v) is 10.9. The molecule has 0 saturated heterocycles. The molecule has 1 N–H and O–H groups in total. The number of carbonyl (C=O) groups excluding carboxylic acids is 2. The molecule has 0 radical (unpaired) electrons. The van der Waals surface area contributed by atoms with Crippen LogP contribution < -0.4 is 0 Å². The summed E-state index contributed by atoms with van der Waals surface area (Å²) in [6.07, 6.45) is 28.9. The second-order valence-electron chi connectivity index (χ2n) is 10.9. The van der Waals surface area contributed by atoms with Gasteiger partial charge in [0.2, 0.25) is 0 Å². The molecule has 0 amide bonds. The van der Waals surface area contributed by atoms with E-state index >= 15 is 0 Å². The Balaban J connectivity index is 3.48. The minimum Gasteiger partial charge on any atom is -0.462 e. The summed E-state index contributed by atoms with van der Waals surface area (Å²) in [5.74, 6) is -0.592. The van der Waals surface area contributed by atoms with Gasteiger partial charge in [0.05, 0.1) is 6.61 Å². The van der Waals surface area contributed by atoms with E-state index in [4.69, 9.17) is 9.47 Å². The number of hydrogen-bond acceptors (Lipinski definition) is 5. The first-order valence-electron chi connectivity index (χ1n) is 16.1. The highest BCUT2D eigenvalue weighted by Crippen LogP contribution is 2.15. The van der Waals surface area contributed by atoms with Gasteiger partial charge in [-0.3, -0.25) is 9.59 Å². The summed E-state index contributed by atoms with van der Waals surface area (Å²) in [5.41, 5.74) is 0. The standard InChI is InChI=1S/C32H62O5/c1-3-5-7-9-11-12-13-14-15-16-17-18-19-20-21-23-25-27-32(35)37-30(28-33)29-36-31(34)26-24-22-10-8-6-4-2/h30,33H,3-29H2,1-2H3. The van der Waals surface area contributed by atoms with Crippen LogP contribution in [-0.4, -0.2) is 36.4 Å². The maximum atomic E-state index is 12.0. The fraction of sp³-hybridized carbons (Fsp3) is 0.938. The summed E-state index contributed by atoms with van der Waals surface area (Å²) in [6, 6.07) is 0. The molecule has 0 aliphatic heterocycles. The maximum Gasteiger partial charge on any atom is 0.306 e. The van der Waals surface area contributed by atoms with E-state index in [1.165, 1.54) is 109 Å². The molecule has 0 rings (SSSR count). The Bertz CT molecular complexity index is 494. The maximum absolute atomic E-state index is 12.0. The number of carbonyl (C=O) groups is 2. The lowest BCUT2D eigenvalue weighted by Crippen LogP contribution is -2.28. The minimum atomic E-state index is -0.758. The molecule has 1 atom stereocenters. The number of aliphatic hydroxyl groups excluding tert-OH is 1. The molecule has 5 heteroatoms. The number of hydrogen-bond donors (Lipinski definition) is 1. The van der Waals surface area contributed by atoms with Gasteiger partial charge in [0.1, 0.15) is 6.61 Å². The first-order valence-corrected chi connectivity index (χ1v) is 16.1. The van der Waals surface area contributed by atoms with Crippen LogP contribution in [0.1, 0.15) is 174 Å². The van der Waals surface area contributed by atoms with Gasteiger partial charge in [0.15, 0.2) is 6.10 Å². The Labute approximate surface area is 229 Å². The third-order valence-electron chi connectivity index (χ3n) is 7.15. The molecular formula is C32H62O5. The predicted octanol–water partition coefficient (Wildman–Crippen LogP) is 9.23. The van der Waals surface area contributed by atoms with Crippen molar-refractivity contribution in [3.8, 4) is 0 Å². The van der Waals surface area contributed by atoms with Gasteiger partial charge in [-0.25, -0.2) is 0 Å². The van der Waals surface area contributed by atoms with Crippen molar-refractivity contribution in [2.75, 3.05) is 13.2 Å². The normalized spacial score (nSPS) is 12.0. The smallest absolute Gasteiger partial charge is 0.306 e. The summed E-state index contributed by atoms with van der Waals surface area (Å²) >= 11 is 0. The van der Waals surface area contributed by atoms with Crippen LogP contribution in [0.3, 0.4) is 0 Å². The highest BCUT2D eigenvalue weighted by atomic mass is 16.6. The zero-order valence-corrected chi connectivity index (χ0v) is 24.7. The molecule has 37 heavy (non-hydrogen) atoms. The monoisotopic (exact) mass is 526 g/mol. The largest absolute Gasteiger partial charge is 0.462 e. The van der Waals surface area contributed by atoms with Gasteiger partial charge in [0.25, 0.3) is 0 Å². The Morgan fingerprint density at radius 3 is 1.19 bits per heavy atom. The van der Waals surface area contributed by atoms with Crippen LogP contribution in [0.4, 0.5) is 0 Å². The van der Waals surface area contributed by atoms with Gasteiger partial charge >= 0.3 is 11.9 Å². The van der Waals surface area contributed by atoms with E-state index in [-0.39, 0.29) is 25.2 Å². The SMILES string of the molecule is CCCCCCCCCCCCCCCCCCCC(=O)OC(CO)COC(=O)CCCCCCCC. The first-order chi connectivity index (χ1) is 18.1. The zero-order valence-electron chi connectivity index (χ0n) is 24.7. The summed E-state index contributed by atoms with van der Waals surface area (Å²) in [6.45, 7) is 4.07. The molecule has 0 saturated carbocycles. The highest BCUT2D eigenvalue weighted by molar-refractivity contribution is 5.70. The average molecular weight is 527 g/mol. The molecule has 0 aliphatic rings. The van der Waals surface area contributed by atoms with Crippen molar-refractivity contribution >= 4 is 11.9 Å². The van der Waals surface area contributed by atoms with Crippen molar-refractivity contribution in [3.05, 3.63) is 0 Å². The fourth-order valence-corrected chi connectivity index (χ4v) is 4.67. The van der Waals surface area contributed by atoms with E-state index in [0.717, 1.165) is 38.5 Å². The van der Waals surface area contributed by atoms with Crippen LogP contribution in [0.25, 0.3) is 0 Å². The second kappa shape index (κ2) is 29.5. The van der Waals surface area contributed by atoms with E-state index in [1.807, 2.05) is 0 Å². The Hall–Kier alpha value is -1.10. The highest BCUT2D eigenvalue weighted by Gasteiger charge is 2.16. The lowest BCUT2D eigenvalue weighted by atomic mass is 10.0. The average Bonchev–Trinajstić information content (AvgIpc) is 2.90. The molecular weight excluding hydrogens is 464 g/mol. The third kappa shape index (κ3) is 27.7. The van der Waals surface area contributed by atoms with E-state index in [9.17, 15) is 14.7 Å². The van der Waals surface area contributed by atoms with Gasteiger partial charge in [-0.2, -0.15) is 0 Å². The third-order valence-corrected chi connectivity index (χ3v) is 7.15. The van der Waals surface area contributed by atoms with Crippen LogP contribution in [0.2, 0.25) is 0 Å². The quantitative estimate of drug-likeness (QED) is 0.0776. The summed E-state index contributed by atoms with van der Waals surface area (Å²) in [7, 11) is 0. The molecule has 0 fully saturated rings. The molecule has 5 nitrogen and oxygen atoms in total. The lowest BCUT2D eigenvalue weighted by molar-refractivity contribution is -0.161. The van der Waals surface area contributed by atoms with Crippen LogP contribution in [0.15, 0.2) is 0 Å². The number of esters is 2. The van der Waals surface area contributed by atoms with E-state index in [0.29, 0.717) is 12.8 Å². The molecule has 0 bridgehead atoms. The van der Waals surface area contributed by atoms with Crippen molar-refractivity contribution in [1.29, 1.82) is 0 Å². The number of rotatable bonds is 29. The Morgan fingerprint density at radius 2 is 0.838 bits per heavy atom. The molecule has 220 valence electrons. The molecule has 0 spiro atoms. The number of aliphatic hydroxyl groups is 1. The van der Waals surface area contributed by atoms with Gasteiger partial charge in [-0.1, -0.05) is 149 Å².